The van der Waals surface area contributed by atoms with Crippen LogP contribution in [0.3, 0.4) is 0 Å². The van der Waals surface area contributed by atoms with Gasteiger partial charge in [-0.3, -0.25) is 4.57 Å². The van der Waals surface area contributed by atoms with Crippen LogP contribution in [0.4, 0.5) is 0 Å². The highest BCUT2D eigenvalue weighted by Crippen LogP contribution is 2.65. The van der Waals surface area contributed by atoms with E-state index >= 15 is 0 Å². The molecule has 1 fully saturated rings. The highest BCUT2D eigenvalue weighted by Gasteiger charge is 2.49. The van der Waals surface area contributed by atoms with Crippen LogP contribution in [0.2, 0.25) is 0 Å². The number of benzene rings is 2. The zero-order valence-electron chi connectivity index (χ0n) is 18.3. The Kier molecular flexibility index (Phi) is 6.61. The van der Waals surface area contributed by atoms with Crippen molar-refractivity contribution in [2.75, 3.05) is 0 Å². The summed E-state index contributed by atoms with van der Waals surface area (Å²) in [5.74, 6) is 1.43. The Morgan fingerprint density at radius 3 is 2.28 bits per heavy atom. The molecule has 0 aliphatic heterocycles. The van der Waals surface area contributed by atoms with Crippen LogP contribution in [-0.2, 0) is 14.2 Å². The topological polar surface area (TPSA) is 46.5 Å². The van der Waals surface area contributed by atoms with E-state index < -0.39 is 12.5 Å². The van der Waals surface area contributed by atoms with Crippen LogP contribution in [0.1, 0.15) is 59.4 Å². The zero-order chi connectivity index (χ0) is 21.2. The summed E-state index contributed by atoms with van der Waals surface area (Å²) in [5.41, 5.74) is 0.955. The Morgan fingerprint density at radius 2 is 1.66 bits per heavy atom. The van der Waals surface area contributed by atoms with E-state index in [1.165, 1.54) is 6.42 Å². The van der Waals surface area contributed by atoms with E-state index in [1.807, 2.05) is 50.2 Å². The summed E-state index contributed by atoms with van der Waals surface area (Å²) in [6.07, 6.45) is 3.11. The second-order valence-electron chi connectivity index (χ2n) is 9.44. The summed E-state index contributed by atoms with van der Waals surface area (Å²) >= 11 is 0. The summed E-state index contributed by atoms with van der Waals surface area (Å²) in [4.78, 5) is 0. The second-order valence-corrected chi connectivity index (χ2v) is 12.3. The fraction of sp³-hybridized carbons (Fsp3) is 0.520. The normalized spacial score (nSPS) is 25.0. The van der Waals surface area contributed by atoms with Crippen molar-refractivity contribution < 1.29 is 14.2 Å². The molecule has 4 atom stereocenters. The molecule has 4 heteroatoms. The van der Waals surface area contributed by atoms with Crippen molar-refractivity contribution in [3.63, 3.8) is 0 Å². The fourth-order valence-electron chi connectivity index (χ4n) is 4.65. The third kappa shape index (κ3) is 4.32. The first-order chi connectivity index (χ1) is 13.7. The molecule has 29 heavy (non-hydrogen) atoms. The minimum atomic E-state index is -3.46. The van der Waals surface area contributed by atoms with Gasteiger partial charge in [-0.15, -0.1) is 0 Å². The number of aromatic hydroxyl groups is 1. The van der Waals surface area contributed by atoms with E-state index in [9.17, 15) is 9.67 Å². The summed E-state index contributed by atoms with van der Waals surface area (Å²) < 4.78 is 21.5. The van der Waals surface area contributed by atoms with Crippen LogP contribution < -0.4 is 5.30 Å². The van der Waals surface area contributed by atoms with Crippen LogP contribution in [0.25, 0.3) is 0 Å². The van der Waals surface area contributed by atoms with E-state index in [-0.39, 0.29) is 11.9 Å². The molecule has 0 aromatic heterocycles. The van der Waals surface area contributed by atoms with Gasteiger partial charge >= 0.3 is 0 Å². The maximum atomic E-state index is 14.8. The van der Waals surface area contributed by atoms with Gasteiger partial charge in [-0.25, -0.2) is 0 Å². The van der Waals surface area contributed by atoms with Crippen molar-refractivity contribution in [3.05, 3.63) is 60.2 Å². The first kappa shape index (κ1) is 22.1. The molecule has 0 heterocycles. The van der Waals surface area contributed by atoms with Gasteiger partial charge in [0.15, 0.2) is 0 Å². The lowest BCUT2D eigenvalue weighted by molar-refractivity contribution is 0.0469. The Balaban J connectivity index is 2.11. The lowest BCUT2D eigenvalue weighted by Crippen LogP contribution is -2.37. The fourth-order valence-corrected chi connectivity index (χ4v) is 7.40. The number of para-hydroxylation sites is 1. The lowest BCUT2D eigenvalue weighted by atomic mass is 9.75. The number of phenols is 1. The molecule has 1 saturated carbocycles. The van der Waals surface area contributed by atoms with Gasteiger partial charge in [-0.2, -0.15) is 0 Å². The summed E-state index contributed by atoms with van der Waals surface area (Å²) in [7, 11) is -3.46. The molecule has 1 aliphatic rings. The zero-order valence-corrected chi connectivity index (χ0v) is 19.2. The monoisotopic (exact) mass is 414 g/mol. The number of rotatable bonds is 6. The molecule has 0 radical (unpaired) electrons. The van der Waals surface area contributed by atoms with Crippen LogP contribution >= 0.6 is 7.37 Å². The molecular weight excluding hydrogens is 379 g/mol. The maximum absolute atomic E-state index is 14.8. The van der Waals surface area contributed by atoms with Gasteiger partial charge in [0.05, 0.1) is 16.6 Å². The van der Waals surface area contributed by atoms with Crippen LogP contribution in [0.15, 0.2) is 54.6 Å². The Labute approximate surface area is 176 Å². The first-order valence-electron chi connectivity index (χ1n) is 10.8. The molecule has 3 rings (SSSR count). The average molecular weight is 415 g/mol. The molecule has 0 saturated heterocycles. The minimum absolute atomic E-state index is 0.0461. The summed E-state index contributed by atoms with van der Waals surface area (Å²) in [6, 6.07) is 16.8. The van der Waals surface area contributed by atoms with E-state index in [1.54, 1.807) is 18.2 Å². The van der Waals surface area contributed by atoms with Crippen molar-refractivity contribution in [2.45, 2.75) is 65.1 Å². The molecule has 0 unspecified atom stereocenters. The quantitative estimate of drug-likeness (QED) is 0.535. The standard InChI is InChI=1S/C25H35O3P/c1-18(2)21-16-15-19(3)17-23(21)28-29(27,24-14-10-9-13-22(24)26)25(4,5)20-11-7-6-8-12-20/h6-14,18-19,21,23,26H,15-17H2,1-5H3/t19-,21+,23-,29+/m1/s1. The molecule has 2 aromatic carbocycles. The maximum Gasteiger partial charge on any atom is 0.245 e. The van der Waals surface area contributed by atoms with E-state index in [0.717, 1.165) is 18.4 Å². The molecular formula is C25H35O3P. The third-order valence-corrected chi connectivity index (χ3v) is 9.97. The van der Waals surface area contributed by atoms with E-state index in [2.05, 4.69) is 20.8 Å². The van der Waals surface area contributed by atoms with Gasteiger partial charge in [0.25, 0.3) is 0 Å². The largest absolute Gasteiger partial charge is 0.507 e. The lowest BCUT2D eigenvalue weighted by Gasteiger charge is -2.43. The Morgan fingerprint density at radius 1 is 1.03 bits per heavy atom. The van der Waals surface area contributed by atoms with Gasteiger partial charge in [0.2, 0.25) is 7.37 Å². The van der Waals surface area contributed by atoms with Gasteiger partial charge < -0.3 is 9.63 Å². The van der Waals surface area contributed by atoms with Crippen molar-refractivity contribution >= 4 is 12.7 Å². The minimum Gasteiger partial charge on any atom is -0.507 e. The van der Waals surface area contributed by atoms with Gasteiger partial charge in [0.1, 0.15) is 5.75 Å². The Hall–Kier alpha value is -1.57. The number of hydrogen-bond acceptors (Lipinski definition) is 3. The molecule has 3 nitrogen and oxygen atoms in total. The smallest absolute Gasteiger partial charge is 0.245 e. The first-order valence-corrected chi connectivity index (χ1v) is 12.4. The summed E-state index contributed by atoms with van der Waals surface area (Å²) in [6.45, 7) is 10.7. The van der Waals surface area contributed by atoms with Crippen LogP contribution in [0, 0.1) is 17.8 Å². The predicted molar refractivity (Wildman–Crippen MR) is 121 cm³/mol. The molecule has 2 aromatic rings. The second kappa shape index (κ2) is 8.66. The average Bonchev–Trinajstić information content (AvgIpc) is 2.68. The van der Waals surface area contributed by atoms with Crippen molar-refractivity contribution in [1.29, 1.82) is 0 Å². The molecule has 1 N–H and O–H groups in total. The number of hydrogen-bond donors (Lipinski definition) is 1. The van der Waals surface area contributed by atoms with Crippen molar-refractivity contribution in [1.82, 2.24) is 0 Å². The highest BCUT2D eigenvalue weighted by atomic mass is 31.2. The highest BCUT2D eigenvalue weighted by molar-refractivity contribution is 7.68. The van der Waals surface area contributed by atoms with Crippen molar-refractivity contribution in [2.24, 2.45) is 17.8 Å². The van der Waals surface area contributed by atoms with Gasteiger partial charge in [-0.05, 0) is 62.1 Å². The Bertz CT molecular complexity index is 859. The van der Waals surface area contributed by atoms with E-state index in [0.29, 0.717) is 23.1 Å². The van der Waals surface area contributed by atoms with Crippen LogP contribution in [-0.4, -0.2) is 11.2 Å². The number of phenolic OH excluding ortho intramolecular Hbond substituents is 1. The molecule has 0 amide bonds. The summed E-state index contributed by atoms with van der Waals surface area (Å²) in [5, 5.41) is 10.3. The van der Waals surface area contributed by atoms with Gasteiger partial charge in [-0.1, -0.05) is 69.7 Å². The molecule has 0 bridgehead atoms. The SMILES string of the molecule is CC(C)[C@@H]1CC[C@@H](C)C[C@H]1O[P@@](=O)(c1ccccc1O)C(C)(C)c1ccccc1. The molecule has 158 valence electrons. The predicted octanol–water partition coefficient (Wildman–Crippen LogP) is 6.71. The molecule has 0 spiro atoms. The van der Waals surface area contributed by atoms with Gasteiger partial charge in [0, 0.05) is 0 Å². The van der Waals surface area contributed by atoms with E-state index in [4.69, 9.17) is 4.52 Å². The molecule has 1 aliphatic carbocycles. The van der Waals surface area contributed by atoms with Crippen LogP contribution in [0.5, 0.6) is 5.75 Å². The third-order valence-electron chi connectivity index (χ3n) is 6.66. The van der Waals surface area contributed by atoms with Crippen molar-refractivity contribution in [3.8, 4) is 5.75 Å².